The van der Waals surface area contributed by atoms with Gasteiger partial charge in [-0.2, -0.15) is 5.10 Å². The number of benzene rings is 2. The van der Waals surface area contributed by atoms with E-state index < -0.39 is 15.9 Å². The molecule has 0 radical (unpaired) electrons. The van der Waals surface area contributed by atoms with Crippen molar-refractivity contribution in [2.75, 3.05) is 11.0 Å². The highest BCUT2D eigenvalue weighted by Gasteiger charge is 2.12. The van der Waals surface area contributed by atoms with Crippen molar-refractivity contribution in [3.63, 3.8) is 0 Å². The molecular formula is C17H19N3O4S. The SMILES string of the molecule is CC(=NNC(=O)c1cccc(C)c1O)c1cccc(NS(C)(=O)=O)c1. The summed E-state index contributed by atoms with van der Waals surface area (Å²) in [6, 6.07) is 11.5. The molecule has 1 amide bonds. The molecule has 0 aromatic heterocycles. The third-order valence-electron chi connectivity index (χ3n) is 3.39. The highest BCUT2D eigenvalue weighted by Crippen LogP contribution is 2.21. The highest BCUT2D eigenvalue weighted by atomic mass is 32.2. The summed E-state index contributed by atoms with van der Waals surface area (Å²) in [6.45, 7) is 3.37. The largest absolute Gasteiger partial charge is 0.507 e. The molecule has 8 heteroatoms. The number of hydrogen-bond acceptors (Lipinski definition) is 5. The summed E-state index contributed by atoms with van der Waals surface area (Å²) in [5.41, 5.74) is 4.63. The number of nitrogens with zero attached hydrogens (tertiary/aromatic N) is 1. The molecule has 25 heavy (non-hydrogen) atoms. The van der Waals surface area contributed by atoms with Gasteiger partial charge >= 0.3 is 0 Å². The molecule has 0 aliphatic carbocycles. The lowest BCUT2D eigenvalue weighted by atomic mass is 10.1. The maximum Gasteiger partial charge on any atom is 0.275 e. The Hall–Kier alpha value is -2.87. The normalized spacial score (nSPS) is 11.9. The summed E-state index contributed by atoms with van der Waals surface area (Å²) in [4.78, 5) is 12.1. The minimum atomic E-state index is -3.38. The van der Waals surface area contributed by atoms with Crippen molar-refractivity contribution in [1.82, 2.24) is 5.43 Å². The van der Waals surface area contributed by atoms with Crippen LogP contribution >= 0.6 is 0 Å². The number of nitrogens with one attached hydrogen (secondary N) is 2. The molecule has 3 N–H and O–H groups in total. The summed E-state index contributed by atoms with van der Waals surface area (Å²) in [6.07, 6.45) is 1.06. The van der Waals surface area contributed by atoms with Gasteiger partial charge in [0.05, 0.1) is 17.5 Å². The first-order chi connectivity index (χ1) is 11.7. The second kappa shape index (κ2) is 7.35. The van der Waals surface area contributed by atoms with Crippen molar-refractivity contribution in [3.8, 4) is 5.75 Å². The zero-order chi connectivity index (χ0) is 18.6. The molecule has 2 rings (SSSR count). The number of sulfonamides is 1. The molecule has 0 atom stereocenters. The van der Waals surface area contributed by atoms with Crippen LogP contribution in [0.2, 0.25) is 0 Å². The second-order valence-electron chi connectivity index (χ2n) is 5.56. The van der Waals surface area contributed by atoms with Gasteiger partial charge in [-0.25, -0.2) is 13.8 Å². The summed E-state index contributed by atoms with van der Waals surface area (Å²) in [7, 11) is -3.38. The molecule has 7 nitrogen and oxygen atoms in total. The first-order valence-corrected chi connectivity index (χ1v) is 9.28. The number of phenolic OH excluding ortho intramolecular Hbond substituents is 1. The van der Waals surface area contributed by atoms with Crippen LogP contribution in [-0.2, 0) is 10.0 Å². The highest BCUT2D eigenvalue weighted by molar-refractivity contribution is 7.92. The second-order valence-corrected chi connectivity index (χ2v) is 7.31. The molecule has 0 fully saturated rings. The van der Waals surface area contributed by atoms with E-state index >= 15 is 0 Å². The zero-order valence-corrected chi connectivity index (χ0v) is 14.9. The number of amides is 1. The third-order valence-corrected chi connectivity index (χ3v) is 4.00. The summed E-state index contributed by atoms with van der Waals surface area (Å²) >= 11 is 0. The topological polar surface area (TPSA) is 108 Å². The molecule has 0 heterocycles. The van der Waals surface area contributed by atoms with Gasteiger partial charge in [-0.05, 0) is 43.2 Å². The lowest BCUT2D eigenvalue weighted by Gasteiger charge is -2.08. The Labute approximate surface area is 146 Å². The van der Waals surface area contributed by atoms with Crippen LogP contribution in [0.4, 0.5) is 5.69 Å². The Morgan fingerprint density at radius 3 is 2.52 bits per heavy atom. The number of aryl methyl sites for hydroxylation is 1. The van der Waals surface area contributed by atoms with Crippen molar-refractivity contribution in [3.05, 3.63) is 59.2 Å². The van der Waals surface area contributed by atoms with Gasteiger partial charge in [0.25, 0.3) is 5.91 Å². The van der Waals surface area contributed by atoms with Crippen LogP contribution in [0.15, 0.2) is 47.6 Å². The number of aromatic hydroxyl groups is 1. The maximum absolute atomic E-state index is 12.1. The summed E-state index contributed by atoms with van der Waals surface area (Å²) in [5, 5.41) is 13.9. The molecule has 2 aromatic rings. The molecule has 132 valence electrons. The molecule has 0 bridgehead atoms. The number of para-hydroxylation sites is 1. The third kappa shape index (κ3) is 5.05. The van der Waals surface area contributed by atoms with Crippen LogP contribution in [0.25, 0.3) is 0 Å². The van der Waals surface area contributed by atoms with Crippen LogP contribution in [0, 0.1) is 6.92 Å². The molecule has 0 aliphatic rings. The van der Waals surface area contributed by atoms with Gasteiger partial charge in [0.1, 0.15) is 5.75 Å². The van der Waals surface area contributed by atoms with Gasteiger partial charge in [-0.1, -0.05) is 24.3 Å². The first-order valence-electron chi connectivity index (χ1n) is 7.39. The monoisotopic (exact) mass is 361 g/mol. The first kappa shape index (κ1) is 18.5. The fourth-order valence-electron chi connectivity index (χ4n) is 2.12. The van der Waals surface area contributed by atoms with E-state index in [1.165, 1.54) is 6.07 Å². The molecule has 0 aliphatic heterocycles. The number of hydrazone groups is 1. The Kier molecular flexibility index (Phi) is 5.43. The quantitative estimate of drug-likeness (QED) is 0.560. The zero-order valence-electron chi connectivity index (χ0n) is 14.1. The van der Waals surface area contributed by atoms with E-state index in [0.29, 0.717) is 22.5 Å². The van der Waals surface area contributed by atoms with Crippen molar-refractivity contribution >= 4 is 27.3 Å². The number of rotatable bonds is 5. The Balaban J connectivity index is 2.17. The van der Waals surface area contributed by atoms with Gasteiger partial charge in [0.15, 0.2) is 0 Å². The van der Waals surface area contributed by atoms with E-state index in [-0.39, 0.29) is 11.3 Å². The van der Waals surface area contributed by atoms with Gasteiger partial charge in [-0.3, -0.25) is 9.52 Å². The Morgan fingerprint density at radius 2 is 1.84 bits per heavy atom. The molecule has 2 aromatic carbocycles. The minimum absolute atomic E-state index is 0.0906. The average Bonchev–Trinajstić information content (AvgIpc) is 2.53. The summed E-state index contributed by atoms with van der Waals surface area (Å²) < 4.78 is 25.0. The van der Waals surface area contributed by atoms with Crippen molar-refractivity contribution in [2.24, 2.45) is 5.10 Å². The smallest absolute Gasteiger partial charge is 0.275 e. The van der Waals surface area contributed by atoms with Crippen LogP contribution in [0.1, 0.15) is 28.4 Å². The van der Waals surface area contributed by atoms with Gasteiger partial charge in [-0.15, -0.1) is 0 Å². The lowest BCUT2D eigenvalue weighted by molar-refractivity contribution is 0.0952. The standard InChI is InChI=1S/C17H19N3O4S/c1-11-6-4-9-15(16(11)21)17(22)19-18-12(2)13-7-5-8-14(10-13)20-25(3,23)24/h4-10,20-21H,1-3H3,(H,19,22). The maximum atomic E-state index is 12.1. The number of phenols is 1. The van der Waals surface area contributed by atoms with E-state index in [4.69, 9.17) is 0 Å². The fraction of sp³-hybridized carbons (Fsp3) is 0.176. The summed E-state index contributed by atoms with van der Waals surface area (Å²) in [5.74, 6) is -0.627. The Bertz CT molecular complexity index is 937. The minimum Gasteiger partial charge on any atom is -0.507 e. The fourth-order valence-corrected chi connectivity index (χ4v) is 2.68. The van der Waals surface area contributed by atoms with Crippen LogP contribution in [-0.4, -0.2) is 31.4 Å². The molecule has 0 unspecified atom stereocenters. The van der Waals surface area contributed by atoms with E-state index in [0.717, 1.165) is 6.26 Å². The Morgan fingerprint density at radius 1 is 1.16 bits per heavy atom. The van der Waals surface area contributed by atoms with Crippen molar-refractivity contribution in [1.29, 1.82) is 0 Å². The van der Waals surface area contributed by atoms with Gasteiger partial charge in [0, 0.05) is 5.69 Å². The molecule has 0 saturated heterocycles. The predicted molar refractivity (Wildman–Crippen MR) is 97.4 cm³/mol. The van der Waals surface area contributed by atoms with Crippen LogP contribution < -0.4 is 10.1 Å². The van der Waals surface area contributed by atoms with E-state index in [2.05, 4.69) is 15.2 Å². The molecular weight excluding hydrogens is 342 g/mol. The number of carbonyl (C=O) groups excluding carboxylic acids is 1. The van der Waals surface area contributed by atoms with Gasteiger partial charge in [0.2, 0.25) is 10.0 Å². The number of anilines is 1. The van der Waals surface area contributed by atoms with Crippen LogP contribution in [0.5, 0.6) is 5.75 Å². The van der Waals surface area contributed by atoms with Crippen LogP contribution in [0.3, 0.4) is 0 Å². The van der Waals surface area contributed by atoms with E-state index in [1.807, 2.05) is 0 Å². The lowest BCUT2D eigenvalue weighted by Crippen LogP contribution is -2.19. The molecule has 0 saturated carbocycles. The average molecular weight is 361 g/mol. The number of hydrogen-bond donors (Lipinski definition) is 3. The van der Waals surface area contributed by atoms with Gasteiger partial charge < -0.3 is 5.11 Å². The van der Waals surface area contributed by atoms with E-state index in [9.17, 15) is 18.3 Å². The van der Waals surface area contributed by atoms with E-state index in [1.54, 1.807) is 50.2 Å². The molecule has 0 spiro atoms. The number of carbonyl (C=O) groups is 1. The predicted octanol–water partition coefficient (Wildman–Crippen LogP) is 2.23. The van der Waals surface area contributed by atoms with Crippen molar-refractivity contribution < 1.29 is 18.3 Å². The van der Waals surface area contributed by atoms with Crippen molar-refractivity contribution in [2.45, 2.75) is 13.8 Å².